The minimum Gasteiger partial charge on any atom is -0.463 e. The maximum atomic E-state index is 11.7. The third kappa shape index (κ3) is 1.69. The third-order valence-corrected chi connectivity index (χ3v) is 2.17. The van der Waals surface area contributed by atoms with Gasteiger partial charge in [0.15, 0.2) is 5.43 Å². The zero-order valence-electron chi connectivity index (χ0n) is 8.87. The van der Waals surface area contributed by atoms with Crippen molar-refractivity contribution in [1.82, 2.24) is 0 Å². The summed E-state index contributed by atoms with van der Waals surface area (Å²) in [5, 5.41) is 0.410. The quantitative estimate of drug-likeness (QED) is 0.682. The van der Waals surface area contributed by atoms with Gasteiger partial charge in [-0.3, -0.25) is 4.79 Å². The number of rotatable bonds is 1. The molecule has 0 aliphatic heterocycles. The van der Waals surface area contributed by atoms with E-state index in [0.29, 0.717) is 5.39 Å². The first kappa shape index (κ1) is 10.4. The molecule has 0 aliphatic carbocycles. The Kier molecular flexibility index (Phi) is 2.48. The molecule has 0 fully saturated rings. The molecular weight excluding hydrogens is 208 g/mol. The first-order valence-electron chi connectivity index (χ1n) is 4.66. The Morgan fingerprint density at radius 2 is 2.19 bits per heavy atom. The van der Waals surface area contributed by atoms with E-state index < -0.39 is 5.97 Å². The van der Waals surface area contributed by atoms with E-state index in [1.54, 1.807) is 12.1 Å². The standard InChI is InChI=1S/C12H9O4/c1-7-3-4-10-8(5-7)9(13)6-11(16-10)12(14)15-2/h3,5-6H,1-2H3. The fraction of sp³-hybridized carbons (Fsp3) is 0.167. The van der Waals surface area contributed by atoms with E-state index in [9.17, 15) is 9.59 Å². The van der Waals surface area contributed by atoms with E-state index >= 15 is 0 Å². The Bertz CT molecular complexity index is 610. The van der Waals surface area contributed by atoms with Gasteiger partial charge in [0, 0.05) is 12.1 Å². The maximum absolute atomic E-state index is 11.7. The summed E-state index contributed by atoms with van der Waals surface area (Å²) in [6, 6.07) is 7.31. The molecule has 81 valence electrons. The molecule has 4 heteroatoms. The molecule has 1 heterocycles. The monoisotopic (exact) mass is 217 g/mol. The SMILES string of the molecule is COC(=O)c1cc(=O)c2cc(C)c[c]c2o1. The number of hydrogen-bond donors (Lipinski definition) is 0. The number of hydrogen-bond acceptors (Lipinski definition) is 4. The molecule has 16 heavy (non-hydrogen) atoms. The summed E-state index contributed by atoms with van der Waals surface area (Å²) in [5.74, 6) is -0.784. The number of carbonyl (C=O) groups excluding carboxylic acids is 1. The van der Waals surface area contributed by atoms with E-state index in [2.05, 4.69) is 10.8 Å². The lowest BCUT2D eigenvalue weighted by atomic mass is 10.1. The summed E-state index contributed by atoms with van der Waals surface area (Å²) in [6.07, 6.45) is 0. The van der Waals surface area contributed by atoms with Crippen LogP contribution in [0.4, 0.5) is 0 Å². The van der Waals surface area contributed by atoms with Crippen LogP contribution in [0.1, 0.15) is 16.1 Å². The highest BCUT2D eigenvalue weighted by Crippen LogP contribution is 2.13. The fourth-order valence-corrected chi connectivity index (χ4v) is 1.40. The highest BCUT2D eigenvalue weighted by atomic mass is 16.5. The van der Waals surface area contributed by atoms with Gasteiger partial charge in [-0.25, -0.2) is 4.79 Å². The molecule has 0 bridgehead atoms. The summed E-state index contributed by atoms with van der Waals surface area (Å²) in [6.45, 7) is 1.85. The third-order valence-electron chi connectivity index (χ3n) is 2.17. The number of ether oxygens (including phenoxy) is 1. The van der Waals surface area contributed by atoms with E-state index in [4.69, 9.17) is 4.42 Å². The Morgan fingerprint density at radius 3 is 2.88 bits per heavy atom. The van der Waals surface area contributed by atoms with E-state index in [-0.39, 0.29) is 16.8 Å². The van der Waals surface area contributed by atoms with Crippen molar-refractivity contribution >= 4 is 16.9 Å². The molecule has 0 saturated heterocycles. The Balaban J connectivity index is 2.73. The topological polar surface area (TPSA) is 56.5 Å². The van der Waals surface area contributed by atoms with Crippen LogP contribution in [0.25, 0.3) is 11.0 Å². The molecular formula is C12H9O4. The van der Waals surface area contributed by atoms with Crippen LogP contribution in [0.5, 0.6) is 0 Å². The second-order valence-corrected chi connectivity index (χ2v) is 3.39. The zero-order valence-corrected chi connectivity index (χ0v) is 8.87. The van der Waals surface area contributed by atoms with Crippen molar-refractivity contribution in [1.29, 1.82) is 0 Å². The van der Waals surface area contributed by atoms with E-state index in [1.807, 2.05) is 6.92 Å². The van der Waals surface area contributed by atoms with Gasteiger partial charge in [0.05, 0.1) is 12.5 Å². The average Bonchev–Trinajstić information content (AvgIpc) is 2.28. The van der Waals surface area contributed by atoms with Gasteiger partial charge in [-0.15, -0.1) is 0 Å². The maximum Gasteiger partial charge on any atom is 0.374 e. The number of aryl methyl sites for hydroxylation is 1. The van der Waals surface area contributed by atoms with Crippen LogP contribution in [-0.4, -0.2) is 13.1 Å². The summed E-state index contributed by atoms with van der Waals surface area (Å²) >= 11 is 0. The first-order valence-corrected chi connectivity index (χ1v) is 4.66. The van der Waals surface area contributed by atoms with Crippen molar-refractivity contribution in [3.8, 4) is 0 Å². The van der Waals surface area contributed by atoms with E-state index in [0.717, 1.165) is 11.6 Å². The van der Waals surface area contributed by atoms with Gasteiger partial charge in [0.1, 0.15) is 5.58 Å². The number of esters is 1. The van der Waals surface area contributed by atoms with E-state index in [1.165, 1.54) is 7.11 Å². The lowest BCUT2D eigenvalue weighted by Gasteiger charge is -2.01. The van der Waals surface area contributed by atoms with Crippen molar-refractivity contribution < 1.29 is 13.9 Å². The molecule has 2 aromatic rings. The lowest BCUT2D eigenvalue weighted by Crippen LogP contribution is -2.08. The Morgan fingerprint density at radius 1 is 1.44 bits per heavy atom. The molecule has 0 spiro atoms. The van der Waals surface area contributed by atoms with Gasteiger partial charge in [0.25, 0.3) is 0 Å². The van der Waals surface area contributed by atoms with Crippen LogP contribution in [0.3, 0.4) is 0 Å². The Hall–Kier alpha value is -2.10. The molecule has 0 amide bonds. The molecule has 4 nitrogen and oxygen atoms in total. The molecule has 1 radical (unpaired) electrons. The van der Waals surface area contributed by atoms with Crippen LogP contribution >= 0.6 is 0 Å². The first-order chi connectivity index (χ1) is 7.61. The highest BCUT2D eigenvalue weighted by Gasteiger charge is 2.12. The van der Waals surface area contributed by atoms with Crippen LogP contribution < -0.4 is 5.43 Å². The number of methoxy groups -OCH3 is 1. The minimum absolute atomic E-state index is 0.111. The second kappa shape index (κ2) is 3.81. The van der Waals surface area contributed by atoms with Crippen LogP contribution in [-0.2, 0) is 4.74 Å². The van der Waals surface area contributed by atoms with Crippen molar-refractivity contribution in [2.45, 2.75) is 6.92 Å². The van der Waals surface area contributed by atoms with Gasteiger partial charge in [-0.05, 0) is 24.6 Å². The number of fused-ring (bicyclic) bond motifs is 1. The number of benzene rings is 1. The van der Waals surface area contributed by atoms with Gasteiger partial charge in [-0.2, -0.15) is 0 Å². The molecule has 2 rings (SSSR count). The summed E-state index contributed by atoms with van der Waals surface area (Å²) < 4.78 is 9.70. The highest BCUT2D eigenvalue weighted by molar-refractivity contribution is 5.88. The van der Waals surface area contributed by atoms with Crippen molar-refractivity contribution in [2.24, 2.45) is 0 Å². The molecule has 0 aliphatic rings. The lowest BCUT2D eigenvalue weighted by molar-refractivity contribution is 0.0565. The summed E-state index contributed by atoms with van der Waals surface area (Å²) in [7, 11) is 1.23. The average molecular weight is 217 g/mol. The molecule has 0 N–H and O–H groups in total. The summed E-state index contributed by atoms with van der Waals surface area (Å²) in [4.78, 5) is 22.9. The van der Waals surface area contributed by atoms with Gasteiger partial charge >= 0.3 is 5.97 Å². The van der Waals surface area contributed by atoms with Crippen molar-refractivity contribution in [3.63, 3.8) is 0 Å². The normalized spacial score (nSPS) is 10.4. The predicted octanol–water partition coefficient (Wildman–Crippen LogP) is 1.69. The molecule has 0 saturated carbocycles. The van der Waals surface area contributed by atoms with Crippen LogP contribution in [0.15, 0.2) is 27.4 Å². The van der Waals surface area contributed by atoms with Gasteiger partial charge in [-0.1, -0.05) is 0 Å². The Labute approximate surface area is 91.4 Å². The molecule has 0 atom stereocenters. The minimum atomic E-state index is -0.673. The summed E-state index contributed by atoms with van der Waals surface area (Å²) in [5.41, 5.74) is 0.894. The smallest absolute Gasteiger partial charge is 0.374 e. The van der Waals surface area contributed by atoms with Crippen molar-refractivity contribution in [3.05, 3.63) is 45.8 Å². The zero-order chi connectivity index (χ0) is 11.7. The van der Waals surface area contributed by atoms with Crippen LogP contribution in [0, 0.1) is 13.0 Å². The predicted molar refractivity (Wildman–Crippen MR) is 57.4 cm³/mol. The number of carbonyl (C=O) groups is 1. The largest absolute Gasteiger partial charge is 0.463 e. The second-order valence-electron chi connectivity index (χ2n) is 3.39. The van der Waals surface area contributed by atoms with Gasteiger partial charge in [0.2, 0.25) is 5.76 Å². The molecule has 0 unspecified atom stereocenters. The molecule has 1 aromatic heterocycles. The van der Waals surface area contributed by atoms with Crippen molar-refractivity contribution in [2.75, 3.05) is 7.11 Å². The van der Waals surface area contributed by atoms with Crippen LogP contribution in [0.2, 0.25) is 0 Å². The fourth-order valence-electron chi connectivity index (χ4n) is 1.40. The van der Waals surface area contributed by atoms with Gasteiger partial charge < -0.3 is 9.15 Å². The molecule has 1 aromatic carbocycles.